The number of rotatable bonds is 3. The molecule has 0 aliphatic carbocycles. The van der Waals surface area contributed by atoms with E-state index in [0.717, 1.165) is 43.9 Å². The monoisotopic (exact) mass is 378 g/mol. The van der Waals surface area contributed by atoms with Gasteiger partial charge in [-0.05, 0) is 49.0 Å². The van der Waals surface area contributed by atoms with Gasteiger partial charge in [-0.15, -0.1) is 0 Å². The third kappa shape index (κ3) is 2.55. The standard InChI is InChI=1S/C21H22N4OS/c1-23-15-22-12-17(23)13-24-9-7-21(8-10-24)18-4-2-3-5-19(18)25(20(21)26)16-6-11-27-14-16/h2-6,11-12,14-15H,7-10,13H2,1H3. The number of imidazole rings is 1. The maximum Gasteiger partial charge on any atom is 0.242 e. The maximum atomic E-state index is 13.6. The molecule has 0 N–H and O–H groups in total. The third-order valence-electron chi connectivity index (χ3n) is 6.05. The van der Waals surface area contributed by atoms with Crippen molar-refractivity contribution in [2.24, 2.45) is 7.05 Å². The summed E-state index contributed by atoms with van der Waals surface area (Å²) in [6.45, 7) is 2.72. The number of aryl methyl sites for hydroxylation is 1. The Balaban J connectivity index is 1.43. The van der Waals surface area contributed by atoms with E-state index in [1.807, 2.05) is 42.0 Å². The Hall–Kier alpha value is -2.44. The van der Waals surface area contributed by atoms with Crippen molar-refractivity contribution >= 4 is 28.6 Å². The number of carbonyl (C=O) groups excluding carboxylic acids is 1. The average molecular weight is 379 g/mol. The molecule has 2 aromatic heterocycles. The Morgan fingerprint density at radius 3 is 2.70 bits per heavy atom. The van der Waals surface area contributed by atoms with Gasteiger partial charge in [0.2, 0.25) is 5.91 Å². The van der Waals surface area contributed by atoms with Crippen LogP contribution < -0.4 is 4.90 Å². The molecule has 0 unspecified atom stereocenters. The van der Waals surface area contributed by atoms with Gasteiger partial charge in [0.05, 0.1) is 28.8 Å². The number of aromatic nitrogens is 2. The van der Waals surface area contributed by atoms with Crippen molar-refractivity contribution in [1.29, 1.82) is 0 Å². The minimum atomic E-state index is -0.387. The largest absolute Gasteiger partial charge is 0.337 e. The number of para-hydroxylation sites is 1. The van der Waals surface area contributed by atoms with E-state index in [-0.39, 0.29) is 11.3 Å². The molecule has 5 nitrogen and oxygen atoms in total. The van der Waals surface area contributed by atoms with Gasteiger partial charge in [-0.2, -0.15) is 11.3 Å². The van der Waals surface area contributed by atoms with Crippen LogP contribution in [0.25, 0.3) is 0 Å². The zero-order valence-corrected chi connectivity index (χ0v) is 16.2. The fourth-order valence-electron chi connectivity index (χ4n) is 4.49. The van der Waals surface area contributed by atoms with Gasteiger partial charge >= 0.3 is 0 Å². The molecule has 0 radical (unpaired) electrons. The molecule has 0 bridgehead atoms. The van der Waals surface area contributed by atoms with Crippen LogP contribution in [0.5, 0.6) is 0 Å². The summed E-state index contributed by atoms with van der Waals surface area (Å²) in [5.41, 5.74) is 4.07. The zero-order valence-electron chi connectivity index (χ0n) is 15.3. The lowest BCUT2D eigenvalue weighted by Gasteiger charge is -2.38. The van der Waals surface area contributed by atoms with Crippen LogP contribution in [0.15, 0.2) is 53.6 Å². The first-order chi connectivity index (χ1) is 13.2. The molecule has 138 valence electrons. The van der Waals surface area contributed by atoms with Crippen LogP contribution in [0.1, 0.15) is 24.1 Å². The SMILES string of the molecule is Cn1cncc1CN1CCC2(CC1)C(=O)N(c1ccsc1)c1ccccc12. The first kappa shape index (κ1) is 16.7. The van der Waals surface area contributed by atoms with Crippen molar-refractivity contribution in [2.45, 2.75) is 24.8 Å². The second-order valence-electron chi connectivity index (χ2n) is 7.49. The summed E-state index contributed by atoms with van der Waals surface area (Å²) >= 11 is 1.63. The molecule has 1 amide bonds. The highest BCUT2D eigenvalue weighted by molar-refractivity contribution is 7.08. The van der Waals surface area contributed by atoms with Crippen LogP contribution in [0.4, 0.5) is 11.4 Å². The van der Waals surface area contributed by atoms with Crippen molar-refractivity contribution in [3.8, 4) is 0 Å². The van der Waals surface area contributed by atoms with Crippen molar-refractivity contribution in [1.82, 2.24) is 14.5 Å². The van der Waals surface area contributed by atoms with Gasteiger partial charge < -0.3 is 4.57 Å². The molecular weight excluding hydrogens is 356 g/mol. The molecule has 5 rings (SSSR count). The van der Waals surface area contributed by atoms with E-state index in [1.54, 1.807) is 11.3 Å². The average Bonchev–Trinajstić information content (AvgIpc) is 3.40. The van der Waals surface area contributed by atoms with Gasteiger partial charge in [0.25, 0.3) is 0 Å². The van der Waals surface area contributed by atoms with Crippen LogP contribution in [0.3, 0.4) is 0 Å². The topological polar surface area (TPSA) is 41.4 Å². The molecule has 3 aromatic rings. The van der Waals surface area contributed by atoms with Crippen LogP contribution in [-0.4, -0.2) is 33.4 Å². The molecule has 0 atom stereocenters. The van der Waals surface area contributed by atoms with E-state index >= 15 is 0 Å². The van der Waals surface area contributed by atoms with Crippen LogP contribution >= 0.6 is 11.3 Å². The lowest BCUT2D eigenvalue weighted by molar-refractivity contribution is -0.124. The Labute approximate surface area is 162 Å². The zero-order chi connectivity index (χ0) is 18.4. The number of piperidine rings is 1. The Morgan fingerprint density at radius 1 is 1.19 bits per heavy atom. The van der Waals surface area contributed by atoms with Crippen LogP contribution in [0, 0.1) is 0 Å². The minimum absolute atomic E-state index is 0.238. The van der Waals surface area contributed by atoms with Gasteiger partial charge in [-0.1, -0.05) is 18.2 Å². The van der Waals surface area contributed by atoms with E-state index in [2.05, 4.69) is 38.0 Å². The van der Waals surface area contributed by atoms with Crippen molar-refractivity contribution in [2.75, 3.05) is 18.0 Å². The van der Waals surface area contributed by atoms with Crippen LogP contribution in [-0.2, 0) is 23.8 Å². The fraction of sp³-hybridized carbons (Fsp3) is 0.333. The number of carbonyl (C=O) groups is 1. The van der Waals surface area contributed by atoms with Gasteiger partial charge in [-0.25, -0.2) is 4.98 Å². The molecule has 27 heavy (non-hydrogen) atoms. The van der Waals surface area contributed by atoms with Crippen LogP contribution in [0.2, 0.25) is 0 Å². The van der Waals surface area contributed by atoms with Crippen molar-refractivity contribution in [3.63, 3.8) is 0 Å². The molecule has 1 spiro atoms. The van der Waals surface area contributed by atoms with Crippen molar-refractivity contribution < 1.29 is 4.79 Å². The number of anilines is 2. The highest BCUT2D eigenvalue weighted by atomic mass is 32.1. The molecule has 1 saturated heterocycles. The van der Waals surface area contributed by atoms with E-state index in [1.165, 1.54) is 11.3 Å². The molecule has 6 heteroatoms. The van der Waals surface area contributed by atoms with Gasteiger partial charge in [0.15, 0.2) is 0 Å². The van der Waals surface area contributed by atoms with E-state index in [4.69, 9.17) is 0 Å². The second kappa shape index (κ2) is 6.32. The quantitative estimate of drug-likeness (QED) is 0.698. The smallest absolute Gasteiger partial charge is 0.242 e. The minimum Gasteiger partial charge on any atom is -0.337 e. The summed E-state index contributed by atoms with van der Waals surface area (Å²) in [6, 6.07) is 10.4. The summed E-state index contributed by atoms with van der Waals surface area (Å²) in [7, 11) is 2.03. The highest BCUT2D eigenvalue weighted by Crippen LogP contribution is 2.50. The second-order valence-corrected chi connectivity index (χ2v) is 8.27. The molecule has 0 saturated carbocycles. The number of fused-ring (bicyclic) bond motifs is 2. The number of amides is 1. The normalized spacial score (nSPS) is 19.0. The molecule has 4 heterocycles. The number of nitrogens with zero attached hydrogens (tertiary/aromatic N) is 4. The van der Waals surface area contributed by atoms with E-state index in [0.29, 0.717) is 0 Å². The first-order valence-corrected chi connectivity index (χ1v) is 10.3. The van der Waals surface area contributed by atoms with Gasteiger partial charge in [0, 0.05) is 25.2 Å². The summed E-state index contributed by atoms with van der Waals surface area (Å²) in [5.74, 6) is 0.238. The molecule has 1 fully saturated rings. The number of likely N-dealkylation sites (tertiary alicyclic amines) is 1. The van der Waals surface area contributed by atoms with E-state index in [9.17, 15) is 4.79 Å². The molecule has 1 aromatic carbocycles. The summed E-state index contributed by atoms with van der Waals surface area (Å²) in [6.07, 6.45) is 5.50. The molecule has 2 aliphatic rings. The maximum absolute atomic E-state index is 13.6. The predicted octanol–water partition coefficient (Wildman–Crippen LogP) is 3.69. The Bertz CT molecular complexity index is 970. The van der Waals surface area contributed by atoms with Crippen molar-refractivity contribution in [3.05, 3.63) is 64.9 Å². The lowest BCUT2D eigenvalue weighted by Crippen LogP contribution is -2.47. The summed E-state index contributed by atoms with van der Waals surface area (Å²) in [5, 5.41) is 4.10. The Kier molecular flexibility index (Phi) is 3.91. The first-order valence-electron chi connectivity index (χ1n) is 9.33. The van der Waals surface area contributed by atoms with Gasteiger partial charge in [-0.3, -0.25) is 14.6 Å². The Morgan fingerprint density at radius 2 is 2.00 bits per heavy atom. The predicted molar refractivity (Wildman–Crippen MR) is 107 cm³/mol. The summed E-state index contributed by atoms with van der Waals surface area (Å²) in [4.78, 5) is 22.2. The van der Waals surface area contributed by atoms with E-state index < -0.39 is 0 Å². The number of benzene rings is 1. The highest BCUT2D eigenvalue weighted by Gasteiger charge is 2.52. The fourth-order valence-corrected chi connectivity index (χ4v) is 5.11. The number of hydrogen-bond donors (Lipinski definition) is 0. The molecular formula is C21H22N4OS. The number of thiophene rings is 1. The summed E-state index contributed by atoms with van der Waals surface area (Å²) < 4.78 is 2.07. The third-order valence-corrected chi connectivity index (χ3v) is 6.72. The van der Waals surface area contributed by atoms with Gasteiger partial charge in [0.1, 0.15) is 0 Å². The lowest BCUT2D eigenvalue weighted by atomic mass is 9.73. The molecule has 2 aliphatic heterocycles. The number of hydrogen-bond acceptors (Lipinski definition) is 4.